The number of aliphatic hydroxyl groups is 2. The Morgan fingerprint density at radius 2 is 2.00 bits per heavy atom. The lowest BCUT2D eigenvalue weighted by Crippen LogP contribution is -2.56. The van der Waals surface area contributed by atoms with Crippen LogP contribution in [0.15, 0.2) is 11.6 Å². The van der Waals surface area contributed by atoms with Crippen molar-refractivity contribution < 1.29 is 10.2 Å². The highest BCUT2D eigenvalue weighted by Gasteiger charge is 2.53. The number of fused-ring (bicyclic) bond motifs is 1. The molecule has 2 N–H and O–H groups in total. The van der Waals surface area contributed by atoms with Crippen LogP contribution in [0, 0.1) is 17.3 Å². The molecule has 0 aromatic rings. The van der Waals surface area contributed by atoms with E-state index in [1.54, 1.807) is 0 Å². The first-order valence-electron chi connectivity index (χ1n) is 6.87. The Morgan fingerprint density at radius 1 is 1.35 bits per heavy atom. The average molecular weight is 238 g/mol. The third-order valence-electron chi connectivity index (χ3n) is 5.22. The van der Waals surface area contributed by atoms with Gasteiger partial charge in [-0.2, -0.15) is 0 Å². The van der Waals surface area contributed by atoms with Crippen LogP contribution in [0.1, 0.15) is 53.4 Å². The van der Waals surface area contributed by atoms with Gasteiger partial charge in [-0.05, 0) is 44.4 Å². The molecule has 1 saturated carbocycles. The summed E-state index contributed by atoms with van der Waals surface area (Å²) in [5.74, 6) is 0.746. The van der Waals surface area contributed by atoms with Gasteiger partial charge >= 0.3 is 0 Å². The van der Waals surface area contributed by atoms with Crippen molar-refractivity contribution in [1.29, 1.82) is 0 Å². The summed E-state index contributed by atoms with van der Waals surface area (Å²) in [5, 5.41) is 20.9. The quantitative estimate of drug-likeness (QED) is 0.690. The summed E-state index contributed by atoms with van der Waals surface area (Å²) in [6.07, 6.45) is 5.33. The first-order valence-corrected chi connectivity index (χ1v) is 6.87. The maximum atomic E-state index is 10.6. The number of hydrogen-bond acceptors (Lipinski definition) is 2. The standard InChI is InChI=1S/C15H26O2/c1-10(2)11-5-7-14(3)12(9-11)15(4,17)8-6-13(14)16/h5,10,12-13,16-17H,6-9H2,1-4H3/t12-,13-,14?,15+/m1/s1. The molecule has 98 valence electrons. The molecule has 0 spiro atoms. The average Bonchev–Trinajstić information content (AvgIpc) is 2.24. The Labute approximate surface area is 105 Å². The van der Waals surface area contributed by atoms with Gasteiger partial charge in [0.25, 0.3) is 0 Å². The minimum atomic E-state index is -0.623. The molecule has 0 amide bonds. The van der Waals surface area contributed by atoms with Gasteiger partial charge in [-0.3, -0.25) is 0 Å². The Kier molecular flexibility index (Phi) is 3.16. The van der Waals surface area contributed by atoms with E-state index in [0.717, 1.165) is 25.7 Å². The molecule has 0 saturated heterocycles. The first kappa shape index (κ1) is 13.1. The second kappa shape index (κ2) is 4.10. The summed E-state index contributed by atoms with van der Waals surface area (Å²) in [4.78, 5) is 0. The molecule has 17 heavy (non-hydrogen) atoms. The van der Waals surface area contributed by atoms with Crippen molar-refractivity contribution >= 4 is 0 Å². The minimum absolute atomic E-state index is 0.139. The fourth-order valence-electron chi connectivity index (χ4n) is 3.75. The van der Waals surface area contributed by atoms with Gasteiger partial charge in [-0.15, -0.1) is 0 Å². The van der Waals surface area contributed by atoms with Crippen molar-refractivity contribution in [2.24, 2.45) is 17.3 Å². The monoisotopic (exact) mass is 238 g/mol. The van der Waals surface area contributed by atoms with Crippen LogP contribution in [0.2, 0.25) is 0 Å². The van der Waals surface area contributed by atoms with Crippen LogP contribution < -0.4 is 0 Å². The van der Waals surface area contributed by atoms with Crippen LogP contribution in [0.5, 0.6) is 0 Å². The molecule has 0 aromatic carbocycles. The zero-order valence-electron chi connectivity index (χ0n) is 11.5. The molecule has 1 unspecified atom stereocenters. The van der Waals surface area contributed by atoms with Crippen LogP contribution in [-0.4, -0.2) is 21.9 Å². The topological polar surface area (TPSA) is 40.5 Å². The number of aliphatic hydroxyl groups excluding tert-OH is 1. The van der Waals surface area contributed by atoms with Gasteiger partial charge < -0.3 is 10.2 Å². The van der Waals surface area contributed by atoms with Gasteiger partial charge in [0.15, 0.2) is 0 Å². The fraction of sp³-hybridized carbons (Fsp3) is 0.867. The molecule has 2 rings (SSSR count). The molecule has 2 aliphatic carbocycles. The van der Waals surface area contributed by atoms with E-state index in [0.29, 0.717) is 5.92 Å². The predicted molar refractivity (Wildman–Crippen MR) is 69.6 cm³/mol. The Morgan fingerprint density at radius 3 is 2.59 bits per heavy atom. The highest BCUT2D eigenvalue weighted by Crippen LogP contribution is 2.54. The van der Waals surface area contributed by atoms with E-state index in [-0.39, 0.29) is 17.4 Å². The third-order valence-corrected chi connectivity index (χ3v) is 5.22. The summed E-state index contributed by atoms with van der Waals surface area (Å²) >= 11 is 0. The highest BCUT2D eigenvalue weighted by atomic mass is 16.3. The number of hydrogen-bond donors (Lipinski definition) is 2. The van der Waals surface area contributed by atoms with Crippen LogP contribution >= 0.6 is 0 Å². The Hall–Kier alpha value is -0.340. The maximum Gasteiger partial charge on any atom is 0.0658 e. The zero-order chi connectivity index (χ0) is 12.8. The van der Waals surface area contributed by atoms with E-state index in [9.17, 15) is 10.2 Å². The van der Waals surface area contributed by atoms with E-state index in [4.69, 9.17) is 0 Å². The van der Waals surface area contributed by atoms with Crippen molar-refractivity contribution in [2.45, 2.75) is 65.1 Å². The Balaban J connectivity index is 2.33. The summed E-state index contributed by atoms with van der Waals surface area (Å²) in [7, 11) is 0. The number of allylic oxidation sites excluding steroid dienone is 2. The van der Waals surface area contributed by atoms with Gasteiger partial charge in [-0.1, -0.05) is 32.4 Å². The van der Waals surface area contributed by atoms with E-state index in [2.05, 4.69) is 26.8 Å². The zero-order valence-corrected chi connectivity index (χ0v) is 11.5. The van der Waals surface area contributed by atoms with Crippen molar-refractivity contribution in [3.8, 4) is 0 Å². The smallest absolute Gasteiger partial charge is 0.0658 e. The molecule has 4 atom stereocenters. The highest BCUT2D eigenvalue weighted by molar-refractivity contribution is 5.19. The molecule has 0 heterocycles. The predicted octanol–water partition coefficient (Wildman–Crippen LogP) is 2.89. The summed E-state index contributed by atoms with van der Waals surface area (Å²) in [6, 6.07) is 0. The summed E-state index contributed by atoms with van der Waals surface area (Å²) in [6.45, 7) is 8.51. The molecule has 2 aliphatic rings. The van der Waals surface area contributed by atoms with E-state index in [1.807, 2.05) is 6.92 Å². The van der Waals surface area contributed by atoms with Gasteiger partial charge in [0.05, 0.1) is 11.7 Å². The lowest BCUT2D eigenvalue weighted by atomic mass is 9.54. The second-order valence-corrected chi connectivity index (χ2v) is 6.81. The molecular formula is C15H26O2. The van der Waals surface area contributed by atoms with E-state index >= 15 is 0 Å². The SMILES string of the molecule is CC(C)C1=CCC2(C)[C@H](O)CC[C@](C)(O)[C@@H]2C1. The van der Waals surface area contributed by atoms with Crippen molar-refractivity contribution in [2.75, 3.05) is 0 Å². The molecule has 2 nitrogen and oxygen atoms in total. The number of rotatable bonds is 1. The lowest BCUT2D eigenvalue weighted by Gasteiger charge is -2.54. The second-order valence-electron chi connectivity index (χ2n) is 6.81. The summed E-state index contributed by atoms with van der Waals surface area (Å²) in [5.41, 5.74) is 0.685. The fourth-order valence-corrected chi connectivity index (χ4v) is 3.75. The Bertz CT molecular complexity index is 330. The molecule has 2 heteroatoms. The van der Waals surface area contributed by atoms with Crippen LogP contribution in [0.3, 0.4) is 0 Å². The van der Waals surface area contributed by atoms with Gasteiger partial charge in [0.1, 0.15) is 0 Å². The molecular weight excluding hydrogens is 212 g/mol. The van der Waals surface area contributed by atoms with Gasteiger partial charge in [-0.25, -0.2) is 0 Å². The van der Waals surface area contributed by atoms with Crippen molar-refractivity contribution in [3.63, 3.8) is 0 Å². The van der Waals surface area contributed by atoms with Crippen molar-refractivity contribution in [3.05, 3.63) is 11.6 Å². The first-order chi connectivity index (χ1) is 7.77. The van der Waals surface area contributed by atoms with Gasteiger partial charge in [0, 0.05) is 5.41 Å². The molecule has 0 aromatic heterocycles. The maximum absolute atomic E-state index is 10.6. The molecule has 0 radical (unpaired) electrons. The van der Waals surface area contributed by atoms with Gasteiger partial charge in [0.2, 0.25) is 0 Å². The van der Waals surface area contributed by atoms with E-state index < -0.39 is 5.60 Å². The van der Waals surface area contributed by atoms with Crippen LogP contribution in [-0.2, 0) is 0 Å². The van der Waals surface area contributed by atoms with E-state index in [1.165, 1.54) is 5.57 Å². The van der Waals surface area contributed by atoms with Crippen LogP contribution in [0.25, 0.3) is 0 Å². The lowest BCUT2D eigenvalue weighted by molar-refractivity contribution is -0.152. The third kappa shape index (κ3) is 2.06. The molecule has 0 bridgehead atoms. The van der Waals surface area contributed by atoms with Crippen molar-refractivity contribution in [1.82, 2.24) is 0 Å². The normalized spacial score (nSPS) is 46.6. The molecule has 0 aliphatic heterocycles. The van der Waals surface area contributed by atoms with Crippen LogP contribution in [0.4, 0.5) is 0 Å². The molecule has 1 fully saturated rings. The summed E-state index contributed by atoms with van der Waals surface area (Å²) < 4.78 is 0. The minimum Gasteiger partial charge on any atom is -0.393 e. The largest absolute Gasteiger partial charge is 0.393 e.